The molecular weight excluding hydrogens is 199 g/mol. The molecule has 0 heterocycles. The van der Waals surface area contributed by atoms with Gasteiger partial charge in [-0.25, -0.2) is 4.39 Å². The molecule has 1 saturated carbocycles. The third-order valence-electron chi connectivity index (χ3n) is 4.41. The summed E-state index contributed by atoms with van der Waals surface area (Å²) in [6.07, 6.45) is 9.44. The van der Waals surface area contributed by atoms with Crippen molar-refractivity contribution in [2.45, 2.75) is 78.3 Å². The van der Waals surface area contributed by atoms with Gasteiger partial charge in [0.25, 0.3) is 0 Å². The highest BCUT2D eigenvalue weighted by Crippen LogP contribution is 2.32. The Hall–Kier alpha value is -0.0700. The Morgan fingerprint density at radius 3 is 2.38 bits per heavy atom. The van der Waals surface area contributed by atoms with Gasteiger partial charge in [-0.2, -0.15) is 0 Å². The number of hydrogen-bond donors (Lipinski definition) is 0. The number of hydrogen-bond acceptors (Lipinski definition) is 0. The van der Waals surface area contributed by atoms with Gasteiger partial charge in [0.05, 0.1) is 0 Å². The second-order valence-corrected chi connectivity index (χ2v) is 5.96. The van der Waals surface area contributed by atoms with E-state index < -0.39 is 6.17 Å². The monoisotopic (exact) mass is 228 g/mol. The van der Waals surface area contributed by atoms with Crippen LogP contribution in [0.3, 0.4) is 0 Å². The summed E-state index contributed by atoms with van der Waals surface area (Å²) in [5, 5.41) is 0. The van der Waals surface area contributed by atoms with Crippen molar-refractivity contribution in [1.82, 2.24) is 0 Å². The molecule has 2 unspecified atom stereocenters. The van der Waals surface area contributed by atoms with Gasteiger partial charge in [0.2, 0.25) is 0 Å². The molecule has 0 aromatic rings. The van der Waals surface area contributed by atoms with Gasteiger partial charge in [0.1, 0.15) is 6.17 Å². The summed E-state index contributed by atoms with van der Waals surface area (Å²) in [6, 6.07) is 0. The van der Waals surface area contributed by atoms with Crippen LogP contribution in [0.25, 0.3) is 0 Å². The lowest BCUT2D eigenvalue weighted by Gasteiger charge is -2.26. The topological polar surface area (TPSA) is 0 Å². The molecule has 0 aliphatic heterocycles. The maximum Gasteiger partial charge on any atom is 0.102 e. The molecule has 2 atom stereocenters. The lowest BCUT2D eigenvalue weighted by Crippen LogP contribution is -2.14. The van der Waals surface area contributed by atoms with E-state index in [1.165, 1.54) is 38.5 Å². The number of rotatable bonds is 6. The molecule has 0 bridgehead atoms. The van der Waals surface area contributed by atoms with Crippen LogP contribution in [0.2, 0.25) is 0 Å². The Labute approximate surface area is 101 Å². The first-order valence-electron chi connectivity index (χ1n) is 7.27. The number of halogens is 1. The van der Waals surface area contributed by atoms with E-state index in [-0.39, 0.29) is 5.92 Å². The van der Waals surface area contributed by atoms with Crippen molar-refractivity contribution in [2.24, 2.45) is 17.8 Å². The van der Waals surface area contributed by atoms with Crippen LogP contribution in [0.15, 0.2) is 0 Å². The van der Waals surface area contributed by atoms with Crippen molar-refractivity contribution in [3.8, 4) is 0 Å². The minimum Gasteiger partial charge on any atom is -0.247 e. The van der Waals surface area contributed by atoms with Crippen molar-refractivity contribution in [3.63, 3.8) is 0 Å². The summed E-state index contributed by atoms with van der Waals surface area (Å²) in [4.78, 5) is 0. The molecule has 0 spiro atoms. The van der Waals surface area contributed by atoms with E-state index >= 15 is 0 Å². The Balaban J connectivity index is 2.06. The molecule has 0 radical (unpaired) electrons. The maximum atomic E-state index is 13.3. The van der Waals surface area contributed by atoms with Gasteiger partial charge in [-0.15, -0.1) is 0 Å². The van der Waals surface area contributed by atoms with Crippen LogP contribution < -0.4 is 0 Å². The first-order valence-corrected chi connectivity index (χ1v) is 7.27. The average molecular weight is 228 g/mol. The van der Waals surface area contributed by atoms with Gasteiger partial charge in [0, 0.05) is 0 Å². The molecule has 1 rings (SSSR count). The van der Waals surface area contributed by atoms with Gasteiger partial charge in [-0.1, -0.05) is 59.3 Å². The zero-order valence-corrected chi connectivity index (χ0v) is 11.3. The van der Waals surface area contributed by atoms with Crippen LogP contribution in [-0.2, 0) is 0 Å². The van der Waals surface area contributed by atoms with Crippen LogP contribution >= 0.6 is 0 Å². The standard InChI is InChI=1S/C15H29F/c1-4-15(16)13(3)6-5-7-14-10-8-12(2)9-11-14/h12-15H,4-11H2,1-3H3. The van der Waals surface area contributed by atoms with E-state index in [9.17, 15) is 4.39 Å². The minimum atomic E-state index is -0.577. The highest BCUT2D eigenvalue weighted by molar-refractivity contribution is 4.71. The fourth-order valence-corrected chi connectivity index (χ4v) is 2.93. The van der Waals surface area contributed by atoms with Crippen molar-refractivity contribution >= 4 is 0 Å². The Bertz CT molecular complexity index is 170. The van der Waals surface area contributed by atoms with Crippen LogP contribution in [0.4, 0.5) is 4.39 Å². The molecule has 1 heteroatoms. The zero-order chi connectivity index (χ0) is 12.0. The summed E-state index contributed by atoms with van der Waals surface area (Å²) in [6.45, 7) is 6.38. The predicted molar refractivity (Wildman–Crippen MR) is 69.3 cm³/mol. The quantitative estimate of drug-likeness (QED) is 0.573. The summed E-state index contributed by atoms with van der Waals surface area (Å²) >= 11 is 0. The van der Waals surface area contributed by atoms with Gasteiger partial charge in [-0.3, -0.25) is 0 Å². The SMILES string of the molecule is CCC(F)C(C)CCCC1CCC(C)CC1. The highest BCUT2D eigenvalue weighted by atomic mass is 19.1. The molecule has 0 aromatic carbocycles. The van der Waals surface area contributed by atoms with Gasteiger partial charge < -0.3 is 0 Å². The lowest BCUT2D eigenvalue weighted by molar-refractivity contribution is 0.211. The summed E-state index contributed by atoms with van der Waals surface area (Å²) in [5.41, 5.74) is 0. The normalized spacial score (nSPS) is 30.0. The molecule has 1 aliphatic rings. The van der Waals surface area contributed by atoms with Gasteiger partial charge in [0.15, 0.2) is 0 Å². The molecule has 0 nitrogen and oxygen atoms in total. The second kappa shape index (κ2) is 7.29. The third-order valence-corrected chi connectivity index (χ3v) is 4.41. The lowest BCUT2D eigenvalue weighted by atomic mass is 9.80. The fourth-order valence-electron chi connectivity index (χ4n) is 2.93. The van der Waals surface area contributed by atoms with E-state index in [0.717, 1.165) is 18.3 Å². The summed E-state index contributed by atoms with van der Waals surface area (Å²) < 4.78 is 13.3. The first kappa shape index (κ1) is 14.0. The zero-order valence-electron chi connectivity index (χ0n) is 11.3. The fraction of sp³-hybridized carbons (Fsp3) is 1.00. The van der Waals surface area contributed by atoms with E-state index in [2.05, 4.69) is 13.8 Å². The second-order valence-electron chi connectivity index (χ2n) is 5.96. The van der Waals surface area contributed by atoms with Gasteiger partial charge >= 0.3 is 0 Å². The Kier molecular flexibility index (Phi) is 6.38. The van der Waals surface area contributed by atoms with Crippen LogP contribution in [-0.4, -0.2) is 6.17 Å². The molecule has 16 heavy (non-hydrogen) atoms. The molecule has 0 saturated heterocycles. The highest BCUT2D eigenvalue weighted by Gasteiger charge is 2.19. The largest absolute Gasteiger partial charge is 0.247 e. The van der Waals surface area contributed by atoms with E-state index in [1.807, 2.05) is 6.92 Å². The Morgan fingerprint density at radius 2 is 1.81 bits per heavy atom. The molecule has 1 fully saturated rings. The smallest absolute Gasteiger partial charge is 0.102 e. The van der Waals surface area contributed by atoms with Crippen molar-refractivity contribution in [1.29, 1.82) is 0 Å². The van der Waals surface area contributed by atoms with E-state index in [0.29, 0.717) is 6.42 Å². The minimum absolute atomic E-state index is 0.271. The van der Waals surface area contributed by atoms with Crippen molar-refractivity contribution in [2.75, 3.05) is 0 Å². The van der Waals surface area contributed by atoms with Crippen LogP contribution in [0.5, 0.6) is 0 Å². The third kappa shape index (κ3) is 4.84. The summed E-state index contributed by atoms with van der Waals surface area (Å²) in [5.74, 6) is 2.17. The van der Waals surface area contributed by atoms with Crippen molar-refractivity contribution < 1.29 is 4.39 Å². The molecule has 1 aliphatic carbocycles. The molecule has 0 amide bonds. The first-order chi connectivity index (χ1) is 7.63. The average Bonchev–Trinajstić information content (AvgIpc) is 2.30. The van der Waals surface area contributed by atoms with E-state index in [4.69, 9.17) is 0 Å². The maximum absolute atomic E-state index is 13.3. The molecule has 0 aromatic heterocycles. The van der Waals surface area contributed by atoms with E-state index in [1.54, 1.807) is 0 Å². The van der Waals surface area contributed by atoms with Crippen LogP contribution in [0.1, 0.15) is 72.1 Å². The molecule has 0 N–H and O–H groups in total. The Morgan fingerprint density at radius 1 is 1.19 bits per heavy atom. The number of alkyl halides is 1. The predicted octanol–water partition coefficient (Wildman–Crippen LogP) is 5.37. The van der Waals surface area contributed by atoms with Crippen LogP contribution in [0, 0.1) is 17.8 Å². The molecular formula is C15H29F. The molecule has 96 valence electrons. The van der Waals surface area contributed by atoms with Gasteiger partial charge in [-0.05, 0) is 30.6 Å². The van der Waals surface area contributed by atoms with Crippen molar-refractivity contribution in [3.05, 3.63) is 0 Å². The summed E-state index contributed by atoms with van der Waals surface area (Å²) in [7, 11) is 0.